The number of nitrogens with zero attached hydrogens (tertiary/aromatic N) is 1. The fraction of sp³-hybridized carbons (Fsp3) is 0.440. The third-order valence-electron chi connectivity index (χ3n) is 6.14. The van der Waals surface area contributed by atoms with Gasteiger partial charge in [-0.15, -0.1) is 0 Å². The van der Waals surface area contributed by atoms with Crippen molar-refractivity contribution in [1.29, 1.82) is 0 Å². The second kappa shape index (κ2) is 9.90. The highest BCUT2D eigenvalue weighted by Gasteiger charge is 2.28. The molecule has 30 heavy (non-hydrogen) atoms. The predicted octanol–water partition coefficient (Wildman–Crippen LogP) is 5.40. The van der Waals surface area contributed by atoms with E-state index in [9.17, 15) is 9.59 Å². The molecule has 4 rings (SSSR count). The third kappa shape index (κ3) is 4.73. The molecule has 1 saturated carbocycles. The summed E-state index contributed by atoms with van der Waals surface area (Å²) in [5.74, 6) is -0.145. The molecule has 5 heteroatoms. The highest BCUT2D eigenvalue weighted by molar-refractivity contribution is 6.17. The molecule has 2 aromatic carbocycles. The van der Waals surface area contributed by atoms with Gasteiger partial charge < -0.3 is 10.6 Å². The second-order valence-electron chi connectivity index (χ2n) is 8.32. The van der Waals surface area contributed by atoms with Gasteiger partial charge in [-0.2, -0.15) is 0 Å². The van der Waals surface area contributed by atoms with Crippen LogP contribution in [0.2, 0.25) is 0 Å². The molecule has 2 amide bonds. The van der Waals surface area contributed by atoms with Gasteiger partial charge in [0.1, 0.15) is 0 Å². The summed E-state index contributed by atoms with van der Waals surface area (Å²) in [7, 11) is 0. The van der Waals surface area contributed by atoms with Gasteiger partial charge in [-0.3, -0.25) is 14.5 Å². The molecule has 1 aliphatic heterocycles. The number of amides is 2. The predicted molar refractivity (Wildman–Crippen MR) is 121 cm³/mol. The standard InChI is InChI=1S/C25H31N3O2/c29-24(17-5-2-10-18-26-19-11-3-1-4-12-19)28-22-15-8-6-13-20(22)25(30)27-21-14-7-9-16-23(21)28/h6-9,13-16,19,26H,1-5,10-12,17-18H2,(H,27,30). The van der Waals surface area contributed by atoms with Crippen molar-refractivity contribution in [3.8, 4) is 0 Å². The number of nitrogens with one attached hydrogen (secondary N) is 2. The van der Waals surface area contributed by atoms with Crippen LogP contribution in [0.1, 0.15) is 68.1 Å². The molecule has 0 radical (unpaired) electrons. The second-order valence-corrected chi connectivity index (χ2v) is 8.32. The first kappa shape index (κ1) is 20.6. The van der Waals surface area contributed by atoms with E-state index in [4.69, 9.17) is 0 Å². The molecule has 2 aromatic rings. The van der Waals surface area contributed by atoms with Crippen molar-refractivity contribution >= 4 is 28.9 Å². The van der Waals surface area contributed by atoms with Gasteiger partial charge in [0.15, 0.2) is 0 Å². The first-order valence-electron chi connectivity index (χ1n) is 11.3. The molecule has 1 heterocycles. The fourth-order valence-electron chi connectivity index (χ4n) is 4.53. The average molecular weight is 406 g/mol. The zero-order chi connectivity index (χ0) is 20.8. The molecule has 0 unspecified atom stereocenters. The fourth-order valence-corrected chi connectivity index (χ4v) is 4.53. The number of fused-ring (bicyclic) bond motifs is 2. The van der Waals surface area contributed by atoms with Crippen molar-refractivity contribution in [3.05, 3.63) is 54.1 Å². The van der Waals surface area contributed by atoms with Crippen LogP contribution in [-0.2, 0) is 4.79 Å². The van der Waals surface area contributed by atoms with Crippen LogP contribution < -0.4 is 15.5 Å². The number of benzene rings is 2. The van der Waals surface area contributed by atoms with Gasteiger partial charge in [-0.25, -0.2) is 0 Å². The van der Waals surface area contributed by atoms with E-state index >= 15 is 0 Å². The third-order valence-corrected chi connectivity index (χ3v) is 6.14. The largest absolute Gasteiger partial charge is 0.320 e. The molecule has 1 aliphatic carbocycles. The Labute approximate surface area is 178 Å². The van der Waals surface area contributed by atoms with Gasteiger partial charge in [0.05, 0.1) is 22.6 Å². The van der Waals surface area contributed by atoms with E-state index in [0.29, 0.717) is 29.4 Å². The lowest BCUT2D eigenvalue weighted by Crippen LogP contribution is -2.31. The Balaban J connectivity index is 1.37. The number of carbonyl (C=O) groups excluding carboxylic acids is 2. The number of rotatable bonds is 7. The molecule has 0 bridgehead atoms. The van der Waals surface area contributed by atoms with Gasteiger partial charge in [-0.05, 0) is 56.5 Å². The monoisotopic (exact) mass is 405 g/mol. The molecule has 0 aromatic heterocycles. The van der Waals surface area contributed by atoms with Crippen molar-refractivity contribution in [2.75, 3.05) is 16.8 Å². The summed E-state index contributed by atoms with van der Waals surface area (Å²) in [4.78, 5) is 27.6. The molecule has 2 aliphatic rings. The summed E-state index contributed by atoms with van der Waals surface area (Å²) in [6, 6.07) is 15.5. The van der Waals surface area contributed by atoms with E-state index in [0.717, 1.165) is 31.5 Å². The van der Waals surface area contributed by atoms with E-state index < -0.39 is 0 Å². The number of hydrogen-bond donors (Lipinski definition) is 2. The molecule has 1 fully saturated rings. The van der Waals surface area contributed by atoms with Crippen LogP contribution in [0.15, 0.2) is 48.5 Å². The molecule has 0 spiro atoms. The number of anilines is 3. The summed E-state index contributed by atoms with van der Waals surface area (Å²) in [6.45, 7) is 1.03. The van der Waals surface area contributed by atoms with Crippen molar-refractivity contribution < 1.29 is 9.59 Å². The molecular formula is C25H31N3O2. The molecule has 2 N–H and O–H groups in total. The Morgan fingerprint density at radius 1 is 0.933 bits per heavy atom. The summed E-state index contributed by atoms with van der Waals surface area (Å²) in [6.07, 6.45) is 10.1. The molecule has 158 valence electrons. The Morgan fingerprint density at radius 3 is 2.50 bits per heavy atom. The average Bonchev–Trinajstić information content (AvgIpc) is 2.90. The van der Waals surface area contributed by atoms with Crippen LogP contribution in [0.3, 0.4) is 0 Å². The highest BCUT2D eigenvalue weighted by atomic mass is 16.2. The number of carbonyl (C=O) groups is 2. The zero-order valence-corrected chi connectivity index (χ0v) is 17.5. The number of hydrogen-bond acceptors (Lipinski definition) is 3. The van der Waals surface area contributed by atoms with Crippen LogP contribution in [0, 0.1) is 0 Å². The summed E-state index contributed by atoms with van der Waals surface area (Å²) >= 11 is 0. The normalized spacial score (nSPS) is 16.4. The van der Waals surface area contributed by atoms with Crippen molar-refractivity contribution in [3.63, 3.8) is 0 Å². The number of para-hydroxylation sites is 3. The van der Waals surface area contributed by atoms with Gasteiger partial charge in [-0.1, -0.05) is 49.9 Å². The summed E-state index contributed by atoms with van der Waals surface area (Å²) in [5, 5.41) is 6.61. The van der Waals surface area contributed by atoms with Gasteiger partial charge >= 0.3 is 0 Å². The Morgan fingerprint density at radius 2 is 1.67 bits per heavy atom. The first-order chi connectivity index (χ1) is 14.7. The van der Waals surface area contributed by atoms with Crippen LogP contribution in [-0.4, -0.2) is 24.4 Å². The van der Waals surface area contributed by atoms with Crippen LogP contribution in [0.25, 0.3) is 0 Å². The smallest absolute Gasteiger partial charge is 0.257 e. The zero-order valence-electron chi connectivity index (χ0n) is 17.5. The van der Waals surface area contributed by atoms with E-state index in [-0.39, 0.29) is 11.8 Å². The maximum Gasteiger partial charge on any atom is 0.257 e. The first-order valence-corrected chi connectivity index (χ1v) is 11.3. The Bertz CT molecular complexity index is 889. The van der Waals surface area contributed by atoms with Crippen LogP contribution in [0.4, 0.5) is 17.1 Å². The maximum atomic E-state index is 13.2. The molecule has 0 saturated heterocycles. The van der Waals surface area contributed by atoms with Gasteiger partial charge in [0, 0.05) is 12.5 Å². The van der Waals surface area contributed by atoms with E-state index in [1.165, 1.54) is 32.1 Å². The molecule has 5 nitrogen and oxygen atoms in total. The van der Waals surface area contributed by atoms with Gasteiger partial charge in [0.2, 0.25) is 5.91 Å². The van der Waals surface area contributed by atoms with E-state index in [2.05, 4.69) is 10.6 Å². The Kier molecular flexibility index (Phi) is 6.80. The molecular weight excluding hydrogens is 374 g/mol. The van der Waals surface area contributed by atoms with Crippen molar-refractivity contribution in [1.82, 2.24) is 5.32 Å². The van der Waals surface area contributed by atoms with Crippen LogP contribution in [0.5, 0.6) is 0 Å². The van der Waals surface area contributed by atoms with E-state index in [1.54, 1.807) is 11.0 Å². The lowest BCUT2D eigenvalue weighted by Gasteiger charge is -2.24. The molecule has 0 atom stereocenters. The SMILES string of the molecule is O=C1Nc2ccccc2N(C(=O)CCCCCNC2CCCCC2)c2ccccc21. The number of unbranched alkanes of at least 4 members (excludes halogenated alkanes) is 2. The lowest BCUT2D eigenvalue weighted by atomic mass is 9.95. The Hall–Kier alpha value is -2.66. The van der Waals surface area contributed by atoms with Crippen LogP contribution >= 0.6 is 0 Å². The quantitative estimate of drug-likeness (QED) is 0.606. The minimum Gasteiger partial charge on any atom is -0.320 e. The topological polar surface area (TPSA) is 61.4 Å². The van der Waals surface area contributed by atoms with Crippen molar-refractivity contribution in [2.45, 2.75) is 63.8 Å². The maximum absolute atomic E-state index is 13.2. The van der Waals surface area contributed by atoms with E-state index in [1.807, 2.05) is 42.5 Å². The highest BCUT2D eigenvalue weighted by Crippen LogP contribution is 2.38. The minimum absolute atomic E-state index is 0.0339. The van der Waals surface area contributed by atoms with Gasteiger partial charge in [0.25, 0.3) is 5.91 Å². The van der Waals surface area contributed by atoms with Crippen molar-refractivity contribution in [2.24, 2.45) is 0 Å². The lowest BCUT2D eigenvalue weighted by molar-refractivity contribution is -0.118. The summed E-state index contributed by atoms with van der Waals surface area (Å²) in [5.41, 5.74) is 2.59. The minimum atomic E-state index is -0.179. The summed E-state index contributed by atoms with van der Waals surface area (Å²) < 4.78 is 0.